The molecule has 5 heteroatoms. The highest BCUT2D eigenvalue weighted by Crippen LogP contribution is 2.17. The van der Waals surface area contributed by atoms with Gasteiger partial charge in [0, 0.05) is 18.7 Å². The average Bonchev–Trinajstić information content (AvgIpc) is 2.64. The summed E-state index contributed by atoms with van der Waals surface area (Å²) in [5.41, 5.74) is 2.66. The molecule has 2 aromatic carbocycles. The van der Waals surface area contributed by atoms with Crippen molar-refractivity contribution in [3.8, 4) is 0 Å². The van der Waals surface area contributed by atoms with Crippen molar-refractivity contribution in [1.82, 2.24) is 9.55 Å². The van der Waals surface area contributed by atoms with Crippen molar-refractivity contribution in [3.05, 3.63) is 70.8 Å². The van der Waals surface area contributed by atoms with E-state index in [-0.39, 0.29) is 11.5 Å². The van der Waals surface area contributed by atoms with Crippen molar-refractivity contribution in [3.63, 3.8) is 0 Å². The molecule has 0 radical (unpaired) electrons. The third-order valence-corrected chi connectivity index (χ3v) is 4.40. The van der Waals surface area contributed by atoms with Crippen LogP contribution in [0.4, 0.5) is 5.69 Å². The molecular weight excluding hydrogens is 326 g/mol. The van der Waals surface area contributed by atoms with E-state index < -0.39 is 0 Å². The first-order valence-corrected chi connectivity index (χ1v) is 8.88. The molecule has 0 unspecified atom stereocenters. The SMILES string of the molecule is CC(C)c1ccc(NC(=O)CCCn2cnc3ccccc3c2=O)cc1. The van der Waals surface area contributed by atoms with Crippen LogP contribution in [0.1, 0.15) is 38.2 Å². The predicted octanol–water partition coefficient (Wildman–Crippen LogP) is 3.94. The van der Waals surface area contributed by atoms with Gasteiger partial charge in [-0.1, -0.05) is 38.1 Å². The van der Waals surface area contributed by atoms with Crippen molar-refractivity contribution in [2.24, 2.45) is 0 Å². The van der Waals surface area contributed by atoms with Crippen molar-refractivity contribution in [1.29, 1.82) is 0 Å². The summed E-state index contributed by atoms with van der Waals surface area (Å²) < 4.78 is 1.56. The first kappa shape index (κ1) is 17.9. The summed E-state index contributed by atoms with van der Waals surface area (Å²) in [6, 6.07) is 15.2. The van der Waals surface area contributed by atoms with E-state index in [1.807, 2.05) is 42.5 Å². The zero-order chi connectivity index (χ0) is 18.5. The van der Waals surface area contributed by atoms with Gasteiger partial charge in [-0.2, -0.15) is 0 Å². The largest absolute Gasteiger partial charge is 0.326 e. The van der Waals surface area contributed by atoms with Crippen LogP contribution in [-0.2, 0) is 11.3 Å². The first-order chi connectivity index (χ1) is 12.5. The predicted molar refractivity (Wildman–Crippen MR) is 104 cm³/mol. The molecular formula is C21H23N3O2. The van der Waals surface area contributed by atoms with Gasteiger partial charge < -0.3 is 5.32 Å². The van der Waals surface area contributed by atoms with E-state index in [0.29, 0.717) is 36.2 Å². The van der Waals surface area contributed by atoms with Crippen molar-refractivity contribution in [2.45, 2.75) is 39.2 Å². The molecule has 0 saturated heterocycles. The van der Waals surface area contributed by atoms with E-state index in [2.05, 4.69) is 24.1 Å². The van der Waals surface area contributed by atoms with Gasteiger partial charge in [0.05, 0.1) is 17.2 Å². The molecule has 134 valence electrons. The third-order valence-electron chi connectivity index (χ3n) is 4.40. The summed E-state index contributed by atoms with van der Waals surface area (Å²) in [5, 5.41) is 3.50. The molecule has 5 nitrogen and oxygen atoms in total. The maximum atomic E-state index is 12.4. The fourth-order valence-corrected chi connectivity index (χ4v) is 2.85. The Balaban J connectivity index is 1.55. The van der Waals surface area contributed by atoms with E-state index in [1.165, 1.54) is 5.56 Å². The highest BCUT2D eigenvalue weighted by molar-refractivity contribution is 5.90. The summed E-state index contributed by atoms with van der Waals surface area (Å²) in [5.74, 6) is 0.415. The van der Waals surface area contributed by atoms with Gasteiger partial charge in [-0.3, -0.25) is 14.2 Å². The van der Waals surface area contributed by atoms with Crippen LogP contribution >= 0.6 is 0 Å². The number of nitrogens with zero attached hydrogens (tertiary/aromatic N) is 2. The van der Waals surface area contributed by atoms with Gasteiger partial charge in [0.1, 0.15) is 0 Å². The van der Waals surface area contributed by atoms with Gasteiger partial charge in [-0.15, -0.1) is 0 Å². The maximum Gasteiger partial charge on any atom is 0.261 e. The van der Waals surface area contributed by atoms with E-state index in [9.17, 15) is 9.59 Å². The van der Waals surface area contributed by atoms with Crippen LogP contribution in [0.3, 0.4) is 0 Å². The lowest BCUT2D eigenvalue weighted by atomic mass is 10.0. The molecule has 0 aliphatic rings. The lowest BCUT2D eigenvalue weighted by Crippen LogP contribution is -2.21. The summed E-state index contributed by atoms with van der Waals surface area (Å²) >= 11 is 0. The minimum Gasteiger partial charge on any atom is -0.326 e. The zero-order valence-corrected chi connectivity index (χ0v) is 15.1. The number of hydrogen-bond donors (Lipinski definition) is 1. The van der Waals surface area contributed by atoms with Crippen molar-refractivity contribution in [2.75, 3.05) is 5.32 Å². The molecule has 3 aromatic rings. The second kappa shape index (κ2) is 7.95. The molecule has 0 saturated carbocycles. The summed E-state index contributed by atoms with van der Waals surface area (Å²) in [6.45, 7) is 4.74. The second-order valence-electron chi connectivity index (χ2n) is 6.69. The second-order valence-corrected chi connectivity index (χ2v) is 6.69. The Morgan fingerprint density at radius 1 is 1.12 bits per heavy atom. The number of aromatic nitrogens is 2. The minimum atomic E-state index is -0.0692. The molecule has 0 aliphatic carbocycles. The molecule has 0 spiro atoms. The molecule has 1 aromatic heterocycles. The highest BCUT2D eigenvalue weighted by atomic mass is 16.1. The van der Waals surface area contributed by atoms with Crippen LogP contribution in [-0.4, -0.2) is 15.5 Å². The molecule has 0 aliphatic heterocycles. The van der Waals surface area contributed by atoms with Gasteiger partial charge in [0.25, 0.3) is 5.56 Å². The maximum absolute atomic E-state index is 12.4. The van der Waals surface area contributed by atoms with E-state index in [4.69, 9.17) is 0 Å². The van der Waals surface area contributed by atoms with Crippen LogP contribution in [0.5, 0.6) is 0 Å². The standard InChI is InChI=1S/C21H23N3O2/c1-15(2)16-9-11-17(12-10-16)23-20(25)8-5-13-24-14-22-19-7-4-3-6-18(19)21(24)26/h3-4,6-7,9-12,14-15H,5,8,13H2,1-2H3,(H,23,25). The van der Waals surface area contributed by atoms with Gasteiger partial charge in [-0.25, -0.2) is 4.98 Å². The Morgan fingerprint density at radius 3 is 2.58 bits per heavy atom. The number of anilines is 1. The van der Waals surface area contributed by atoms with E-state index >= 15 is 0 Å². The quantitative estimate of drug-likeness (QED) is 0.733. The lowest BCUT2D eigenvalue weighted by molar-refractivity contribution is -0.116. The molecule has 0 atom stereocenters. The number of fused-ring (bicyclic) bond motifs is 1. The van der Waals surface area contributed by atoms with E-state index in [0.717, 1.165) is 5.69 Å². The summed E-state index contributed by atoms with van der Waals surface area (Å²) in [6.07, 6.45) is 2.48. The van der Waals surface area contributed by atoms with Gasteiger partial charge in [-0.05, 0) is 42.2 Å². The van der Waals surface area contributed by atoms with Crippen LogP contribution in [0.25, 0.3) is 10.9 Å². The lowest BCUT2D eigenvalue weighted by Gasteiger charge is -2.09. The number of hydrogen-bond acceptors (Lipinski definition) is 3. The number of benzene rings is 2. The Hall–Kier alpha value is -2.95. The minimum absolute atomic E-state index is 0.0518. The summed E-state index contributed by atoms with van der Waals surface area (Å²) in [7, 11) is 0. The van der Waals surface area contributed by atoms with Crippen LogP contribution in [0.2, 0.25) is 0 Å². The number of aryl methyl sites for hydroxylation is 1. The Kier molecular flexibility index (Phi) is 5.46. The van der Waals surface area contributed by atoms with Gasteiger partial charge in [0.2, 0.25) is 5.91 Å². The summed E-state index contributed by atoms with van der Waals surface area (Å²) in [4.78, 5) is 28.8. The zero-order valence-electron chi connectivity index (χ0n) is 15.1. The average molecular weight is 349 g/mol. The highest BCUT2D eigenvalue weighted by Gasteiger charge is 2.06. The fraction of sp³-hybridized carbons (Fsp3) is 0.286. The molecule has 3 rings (SSSR count). The van der Waals surface area contributed by atoms with Gasteiger partial charge in [0.15, 0.2) is 0 Å². The number of amides is 1. The number of carbonyl (C=O) groups is 1. The molecule has 1 heterocycles. The monoisotopic (exact) mass is 349 g/mol. The molecule has 1 N–H and O–H groups in total. The normalized spacial score (nSPS) is 11.0. The smallest absolute Gasteiger partial charge is 0.261 e. The van der Waals surface area contributed by atoms with Crippen LogP contribution < -0.4 is 10.9 Å². The molecule has 0 bridgehead atoms. The van der Waals surface area contributed by atoms with E-state index in [1.54, 1.807) is 17.0 Å². The fourth-order valence-electron chi connectivity index (χ4n) is 2.85. The molecule has 26 heavy (non-hydrogen) atoms. The Morgan fingerprint density at radius 2 is 1.85 bits per heavy atom. The van der Waals surface area contributed by atoms with Crippen molar-refractivity contribution < 1.29 is 4.79 Å². The number of para-hydroxylation sites is 1. The molecule has 1 amide bonds. The van der Waals surface area contributed by atoms with Gasteiger partial charge >= 0.3 is 0 Å². The van der Waals surface area contributed by atoms with Crippen molar-refractivity contribution >= 4 is 22.5 Å². The van der Waals surface area contributed by atoms with Crippen LogP contribution in [0, 0.1) is 0 Å². The topological polar surface area (TPSA) is 64.0 Å². The first-order valence-electron chi connectivity index (χ1n) is 8.88. The number of rotatable bonds is 6. The Labute approximate surface area is 152 Å². The third kappa shape index (κ3) is 4.17. The Bertz CT molecular complexity index is 959. The molecule has 0 fully saturated rings. The van der Waals surface area contributed by atoms with Crippen LogP contribution in [0.15, 0.2) is 59.7 Å². The number of carbonyl (C=O) groups excluding carboxylic acids is 1. The number of nitrogens with one attached hydrogen (secondary N) is 1.